The van der Waals surface area contributed by atoms with Crippen molar-refractivity contribution in [3.05, 3.63) is 65.7 Å². The van der Waals surface area contributed by atoms with Crippen LogP contribution in [0.15, 0.2) is 59.6 Å². The van der Waals surface area contributed by atoms with Gasteiger partial charge in [-0.15, -0.1) is 0 Å². The Balaban J connectivity index is 2.12. The molecule has 0 amide bonds. The first kappa shape index (κ1) is 13.8. The molecule has 0 aromatic heterocycles. The number of amidine groups is 1. The molecule has 0 radical (unpaired) electrons. The van der Waals surface area contributed by atoms with Gasteiger partial charge in [0.05, 0.1) is 5.69 Å². The minimum absolute atomic E-state index is 0.0961. The molecule has 0 saturated heterocycles. The van der Waals surface area contributed by atoms with Crippen molar-refractivity contribution in [3.63, 3.8) is 0 Å². The van der Waals surface area contributed by atoms with E-state index in [0.717, 1.165) is 5.56 Å². The Morgan fingerprint density at radius 1 is 1.10 bits per heavy atom. The lowest BCUT2D eigenvalue weighted by Crippen LogP contribution is -2.25. The lowest BCUT2D eigenvalue weighted by molar-refractivity contribution is 0.209. The zero-order valence-electron chi connectivity index (χ0n) is 11.0. The maximum Gasteiger partial charge on any atom is 0.321 e. The summed E-state index contributed by atoms with van der Waals surface area (Å²) in [7, 11) is 0. The molecule has 2 aromatic rings. The van der Waals surface area contributed by atoms with Gasteiger partial charge in [0.2, 0.25) is 5.90 Å². The number of hydrogen-bond acceptors (Lipinski definition) is 4. The van der Waals surface area contributed by atoms with Crippen LogP contribution in [0, 0.1) is 12.3 Å². The predicted molar refractivity (Wildman–Crippen MR) is 77.6 cm³/mol. The highest BCUT2D eigenvalue weighted by Crippen LogP contribution is 2.11. The molecular weight excluding hydrogens is 254 g/mol. The summed E-state index contributed by atoms with van der Waals surface area (Å²) >= 11 is 0. The van der Waals surface area contributed by atoms with Gasteiger partial charge in [-0.05, 0) is 31.2 Å². The van der Waals surface area contributed by atoms with Crippen LogP contribution in [0.1, 0.15) is 11.1 Å². The summed E-state index contributed by atoms with van der Waals surface area (Å²) in [6.45, 7) is 1.96. The molecule has 5 nitrogen and oxygen atoms in total. The van der Waals surface area contributed by atoms with E-state index in [2.05, 4.69) is 4.99 Å². The van der Waals surface area contributed by atoms with Gasteiger partial charge >= 0.3 is 6.02 Å². The second-order valence-corrected chi connectivity index (χ2v) is 4.16. The maximum atomic E-state index is 9.02. The Morgan fingerprint density at radius 2 is 1.75 bits per heavy atom. The lowest BCUT2D eigenvalue weighted by atomic mass is 10.1. The molecule has 3 N–H and O–H groups in total. The van der Waals surface area contributed by atoms with Crippen LogP contribution in [0.5, 0.6) is 0 Å². The number of aryl methyl sites for hydroxylation is 1. The Hall–Kier alpha value is -2.66. The first-order valence-corrected chi connectivity index (χ1v) is 6.06. The summed E-state index contributed by atoms with van der Waals surface area (Å²) in [6, 6.07) is 16.2. The van der Waals surface area contributed by atoms with Gasteiger partial charge in [-0.2, -0.15) is 4.99 Å². The molecule has 20 heavy (non-hydrogen) atoms. The van der Waals surface area contributed by atoms with Crippen molar-refractivity contribution in [2.75, 3.05) is 0 Å². The number of ether oxygens (including phenoxy) is 1. The molecule has 102 valence electrons. The molecule has 0 spiro atoms. The second kappa shape index (κ2) is 6.49. The third-order valence-electron chi connectivity index (χ3n) is 2.59. The fraction of sp³-hybridized carbons (Fsp3) is 0.0667. The molecule has 0 aliphatic heterocycles. The first-order valence-electron chi connectivity index (χ1n) is 6.06. The molecule has 2 aromatic carbocycles. The van der Waals surface area contributed by atoms with E-state index in [9.17, 15) is 0 Å². The number of nitrogens with one attached hydrogen (secondary N) is 2. The second-order valence-electron chi connectivity index (χ2n) is 4.16. The van der Waals surface area contributed by atoms with Crippen LogP contribution in [0.25, 0.3) is 0 Å². The van der Waals surface area contributed by atoms with E-state index >= 15 is 0 Å². The van der Waals surface area contributed by atoms with Crippen LogP contribution in [-0.4, -0.2) is 17.1 Å². The zero-order chi connectivity index (χ0) is 14.4. The Labute approximate surface area is 117 Å². The van der Waals surface area contributed by atoms with Crippen LogP contribution in [0.4, 0.5) is 5.69 Å². The van der Waals surface area contributed by atoms with E-state index in [4.69, 9.17) is 15.4 Å². The molecule has 0 aliphatic carbocycles. The molecule has 0 bridgehead atoms. The van der Waals surface area contributed by atoms with Gasteiger partial charge in [0.1, 0.15) is 0 Å². The summed E-state index contributed by atoms with van der Waals surface area (Å²) in [4.78, 5) is 4.05. The molecule has 5 heteroatoms. The number of rotatable bonds is 2. The summed E-state index contributed by atoms with van der Waals surface area (Å²) in [5, 5.41) is 16.9. The van der Waals surface area contributed by atoms with E-state index in [1.165, 1.54) is 0 Å². The van der Waals surface area contributed by atoms with Gasteiger partial charge in [-0.1, -0.05) is 35.9 Å². The highest BCUT2D eigenvalue weighted by atomic mass is 16.6. The first-order chi connectivity index (χ1) is 9.69. The van der Waals surface area contributed by atoms with Gasteiger partial charge in [0, 0.05) is 5.56 Å². The molecule has 0 heterocycles. The fourth-order valence-corrected chi connectivity index (χ4v) is 1.55. The Bertz CT molecular complexity index is 607. The standard InChI is InChI=1S/C15H15N3O2/c1-11-7-9-12(10-8-11)14(16)20-15(18-19)17-13-5-3-2-4-6-13/h2-10,16,19H,1H3,(H,17,18). The fourth-order valence-electron chi connectivity index (χ4n) is 1.55. The summed E-state index contributed by atoms with van der Waals surface area (Å²) in [5.41, 5.74) is 4.16. The average molecular weight is 269 g/mol. The molecule has 2 rings (SSSR count). The van der Waals surface area contributed by atoms with Gasteiger partial charge in [0.25, 0.3) is 0 Å². The van der Waals surface area contributed by atoms with E-state index < -0.39 is 0 Å². The van der Waals surface area contributed by atoms with Gasteiger partial charge in [0.15, 0.2) is 0 Å². The SMILES string of the molecule is Cc1ccc(C(=N)OC(=Nc2ccccc2)NO)cc1. The van der Waals surface area contributed by atoms with Crippen molar-refractivity contribution in [2.24, 2.45) is 4.99 Å². The van der Waals surface area contributed by atoms with Gasteiger partial charge < -0.3 is 4.74 Å². The quantitative estimate of drug-likeness (QED) is 0.445. The number of hydroxylamine groups is 1. The van der Waals surface area contributed by atoms with Crippen LogP contribution in [-0.2, 0) is 4.74 Å². The molecule has 0 saturated carbocycles. The number of nitrogens with zero attached hydrogens (tertiary/aromatic N) is 1. The number of benzene rings is 2. The largest absolute Gasteiger partial charge is 0.405 e. The number of para-hydroxylation sites is 1. The molecule has 0 atom stereocenters. The van der Waals surface area contributed by atoms with Crippen molar-refractivity contribution < 1.29 is 9.94 Å². The van der Waals surface area contributed by atoms with E-state index in [0.29, 0.717) is 11.3 Å². The van der Waals surface area contributed by atoms with Crippen molar-refractivity contribution >= 4 is 17.6 Å². The summed E-state index contributed by atoms with van der Waals surface area (Å²) < 4.78 is 5.20. The van der Waals surface area contributed by atoms with Crippen molar-refractivity contribution in [1.29, 1.82) is 5.41 Å². The molecule has 0 unspecified atom stereocenters. The Kier molecular flexibility index (Phi) is 4.47. The third kappa shape index (κ3) is 3.66. The topological polar surface area (TPSA) is 77.7 Å². The van der Waals surface area contributed by atoms with Crippen molar-refractivity contribution in [2.45, 2.75) is 6.92 Å². The number of hydrogen-bond donors (Lipinski definition) is 3. The zero-order valence-corrected chi connectivity index (χ0v) is 11.0. The third-order valence-corrected chi connectivity index (χ3v) is 2.59. The monoisotopic (exact) mass is 269 g/mol. The van der Waals surface area contributed by atoms with Crippen molar-refractivity contribution in [1.82, 2.24) is 5.48 Å². The minimum atomic E-state index is -0.151. The van der Waals surface area contributed by atoms with Crippen molar-refractivity contribution in [3.8, 4) is 0 Å². The molecule has 0 aliphatic rings. The highest BCUT2D eigenvalue weighted by Gasteiger charge is 2.07. The highest BCUT2D eigenvalue weighted by molar-refractivity contribution is 5.99. The van der Waals surface area contributed by atoms with Gasteiger partial charge in [-0.3, -0.25) is 10.6 Å². The summed E-state index contributed by atoms with van der Waals surface area (Å²) in [5.74, 6) is -0.0961. The Morgan fingerprint density at radius 3 is 2.35 bits per heavy atom. The molecule has 0 fully saturated rings. The van der Waals surface area contributed by atoms with Crippen LogP contribution in [0.3, 0.4) is 0 Å². The lowest BCUT2D eigenvalue weighted by Gasteiger charge is -2.08. The van der Waals surface area contributed by atoms with Gasteiger partial charge in [-0.25, -0.2) is 5.48 Å². The average Bonchev–Trinajstić information content (AvgIpc) is 2.48. The van der Waals surface area contributed by atoms with Crippen LogP contribution < -0.4 is 5.48 Å². The van der Waals surface area contributed by atoms with Crippen LogP contribution in [0.2, 0.25) is 0 Å². The normalized spacial score (nSPS) is 11.0. The minimum Gasteiger partial charge on any atom is -0.405 e. The van der Waals surface area contributed by atoms with E-state index in [1.807, 2.05) is 42.7 Å². The maximum absolute atomic E-state index is 9.02. The van der Waals surface area contributed by atoms with Crippen LogP contribution >= 0.6 is 0 Å². The smallest absolute Gasteiger partial charge is 0.321 e. The predicted octanol–water partition coefficient (Wildman–Crippen LogP) is 3.00. The number of aliphatic imine (C=N–C) groups is 1. The van der Waals surface area contributed by atoms with E-state index in [1.54, 1.807) is 24.3 Å². The summed E-state index contributed by atoms with van der Waals surface area (Å²) in [6.07, 6.45) is 0. The molecular formula is C15H15N3O2. The van der Waals surface area contributed by atoms with E-state index in [-0.39, 0.29) is 11.9 Å².